The molecule has 5 heteroatoms. The maximum absolute atomic E-state index is 5.98. The molecule has 1 heterocycles. The van der Waals surface area contributed by atoms with Crippen LogP contribution in [0.1, 0.15) is 25.5 Å². The molecule has 0 saturated heterocycles. The van der Waals surface area contributed by atoms with Crippen molar-refractivity contribution >= 4 is 11.5 Å². The first-order valence-corrected chi connectivity index (χ1v) is 4.69. The van der Waals surface area contributed by atoms with E-state index in [9.17, 15) is 0 Å². The van der Waals surface area contributed by atoms with Crippen molar-refractivity contribution < 1.29 is 0 Å². The van der Waals surface area contributed by atoms with E-state index in [-0.39, 0.29) is 0 Å². The number of aryl methyl sites for hydroxylation is 1. The van der Waals surface area contributed by atoms with Crippen LogP contribution in [0.2, 0.25) is 0 Å². The van der Waals surface area contributed by atoms with E-state index in [0.717, 1.165) is 17.2 Å². The monoisotopic (exact) mass is 197 g/mol. The molecule has 0 radical (unpaired) electrons. The van der Waals surface area contributed by atoms with E-state index in [1.54, 1.807) is 4.68 Å². The lowest BCUT2D eigenvalue weighted by Gasteiger charge is -2.13. The molecule has 0 aliphatic heterocycles. The number of rotatable bonds is 3. The molecule has 5 nitrogen and oxygen atoms in total. The third kappa shape index (κ3) is 1.98. The Balaban J connectivity index is 3.05. The largest absolute Gasteiger partial charge is 0.394 e. The Bertz CT molecular complexity index is 313. The second-order valence-electron chi connectivity index (χ2n) is 3.93. The summed E-state index contributed by atoms with van der Waals surface area (Å²) in [5, 5.41) is 6.21. The molecule has 0 unspecified atom stereocenters. The van der Waals surface area contributed by atoms with Gasteiger partial charge in [-0.15, -0.1) is 0 Å². The Morgan fingerprint density at radius 3 is 2.36 bits per heavy atom. The molecule has 80 valence electrons. The van der Waals surface area contributed by atoms with E-state index < -0.39 is 0 Å². The van der Waals surface area contributed by atoms with E-state index >= 15 is 0 Å². The number of hydrazine groups is 1. The van der Waals surface area contributed by atoms with Crippen molar-refractivity contribution in [2.24, 2.45) is 7.05 Å². The van der Waals surface area contributed by atoms with Crippen molar-refractivity contribution in [1.82, 2.24) is 14.8 Å². The lowest BCUT2D eigenvalue weighted by atomic mass is 10.1. The molecule has 1 aromatic rings. The summed E-state index contributed by atoms with van der Waals surface area (Å²) in [7, 11) is 5.72. The maximum Gasteiger partial charge on any atom is 0.162 e. The van der Waals surface area contributed by atoms with E-state index in [1.165, 1.54) is 0 Å². The first-order valence-electron chi connectivity index (χ1n) is 4.69. The summed E-state index contributed by atoms with van der Waals surface area (Å²) < 4.78 is 1.77. The van der Waals surface area contributed by atoms with Crippen LogP contribution < -0.4 is 11.2 Å². The van der Waals surface area contributed by atoms with Gasteiger partial charge in [0.15, 0.2) is 5.82 Å². The third-order valence-corrected chi connectivity index (χ3v) is 1.99. The highest BCUT2D eigenvalue weighted by atomic mass is 15.5. The van der Waals surface area contributed by atoms with E-state index in [1.807, 2.05) is 26.2 Å². The van der Waals surface area contributed by atoms with Crippen molar-refractivity contribution in [2.75, 3.05) is 25.3 Å². The summed E-state index contributed by atoms with van der Waals surface area (Å²) in [5.41, 5.74) is 10.8. The minimum absolute atomic E-state index is 0.346. The van der Waals surface area contributed by atoms with Gasteiger partial charge < -0.3 is 11.2 Å². The summed E-state index contributed by atoms with van der Waals surface area (Å²) in [6.45, 7) is 4.16. The smallest absolute Gasteiger partial charge is 0.162 e. The average molecular weight is 197 g/mol. The molecule has 0 atom stereocenters. The van der Waals surface area contributed by atoms with Crippen LogP contribution in [-0.2, 0) is 7.05 Å². The molecule has 0 bridgehead atoms. The van der Waals surface area contributed by atoms with E-state index in [2.05, 4.69) is 24.4 Å². The summed E-state index contributed by atoms with van der Waals surface area (Å²) in [4.78, 5) is 0. The van der Waals surface area contributed by atoms with Crippen LogP contribution in [0.15, 0.2) is 0 Å². The molecular weight excluding hydrogens is 178 g/mol. The van der Waals surface area contributed by atoms with Gasteiger partial charge in [-0.2, -0.15) is 5.10 Å². The molecule has 3 N–H and O–H groups in total. The van der Waals surface area contributed by atoms with Crippen molar-refractivity contribution in [2.45, 2.75) is 19.8 Å². The summed E-state index contributed by atoms with van der Waals surface area (Å²) >= 11 is 0. The zero-order chi connectivity index (χ0) is 10.9. The van der Waals surface area contributed by atoms with E-state index in [0.29, 0.717) is 5.92 Å². The SMILES string of the molecule is CC(C)c1nn(C)c(NN(C)C)c1N. The maximum atomic E-state index is 5.98. The van der Waals surface area contributed by atoms with Gasteiger partial charge in [-0.05, 0) is 5.92 Å². The highest BCUT2D eigenvalue weighted by molar-refractivity contribution is 5.65. The standard InChI is InChI=1S/C9H19N5/c1-6(2)8-7(10)9(12-13(3)4)14(5)11-8/h6,12H,10H2,1-5H3. The highest BCUT2D eigenvalue weighted by Gasteiger charge is 2.15. The normalized spacial score (nSPS) is 11.4. The highest BCUT2D eigenvalue weighted by Crippen LogP contribution is 2.27. The predicted molar refractivity (Wildman–Crippen MR) is 59.0 cm³/mol. The van der Waals surface area contributed by atoms with Gasteiger partial charge in [0.1, 0.15) is 0 Å². The van der Waals surface area contributed by atoms with E-state index in [4.69, 9.17) is 5.73 Å². The second kappa shape index (κ2) is 3.88. The lowest BCUT2D eigenvalue weighted by Crippen LogP contribution is -2.22. The van der Waals surface area contributed by atoms with Crippen molar-refractivity contribution in [3.8, 4) is 0 Å². The fourth-order valence-corrected chi connectivity index (χ4v) is 1.33. The zero-order valence-corrected chi connectivity index (χ0v) is 9.50. The second-order valence-corrected chi connectivity index (χ2v) is 3.93. The summed E-state index contributed by atoms with van der Waals surface area (Å²) in [6.07, 6.45) is 0. The van der Waals surface area contributed by atoms with Gasteiger partial charge in [-0.3, -0.25) is 0 Å². The van der Waals surface area contributed by atoms with Crippen LogP contribution in [-0.4, -0.2) is 28.9 Å². The van der Waals surface area contributed by atoms with Crippen LogP contribution in [0.4, 0.5) is 11.5 Å². The number of aromatic nitrogens is 2. The van der Waals surface area contributed by atoms with Crippen LogP contribution in [0.3, 0.4) is 0 Å². The van der Waals surface area contributed by atoms with Crippen LogP contribution in [0.5, 0.6) is 0 Å². The number of anilines is 2. The first kappa shape index (κ1) is 10.8. The molecule has 0 aliphatic rings. The van der Waals surface area contributed by atoms with Gasteiger partial charge in [0.25, 0.3) is 0 Å². The number of nitrogens with zero attached hydrogens (tertiary/aromatic N) is 3. The Kier molecular flexibility index (Phi) is 3.00. The van der Waals surface area contributed by atoms with Gasteiger partial charge in [-0.25, -0.2) is 9.69 Å². The molecule has 0 amide bonds. The van der Waals surface area contributed by atoms with Gasteiger partial charge in [0.2, 0.25) is 0 Å². The van der Waals surface area contributed by atoms with Gasteiger partial charge in [-0.1, -0.05) is 13.8 Å². The van der Waals surface area contributed by atoms with Gasteiger partial charge in [0, 0.05) is 21.1 Å². The molecule has 0 aliphatic carbocycles. The molecular formula is C9H19N5. The number of nitrogens with one attached hydrogen (secondary N) is 1. The molecule has 14 heavy (non-hydrogen) atoms. The third-order valence-electron chi connectivity index (χ3n) is 1.99. The summed E-state index contributed by atoms with van der Waals surface area (Å²) in [6, 6.07) is 0. The van der Waals surface area contributed by atoms with Crippen LogP contribution >= 0.6 is 0 Å². The van der Waals surface area contributed by atoms with Gasteiger partial charge in [0.05, 0.1) is 11.4 Å². The number of nitrogens with two attached hydrogens (primary N) is 1. The predicted octanol–water partition coefficient (Wildman–Crippen LogP) is 1.01. The Labute approximate surface area is 84.8 Å². The fraction of sp³-hybridized carbons (Fsp3) is 0.667. The minimum atomic E-state index is 0.346. The Morgan fingerprint density at radius 1 is 1.43 bits per heavy atom. The number of hydrogen-bond donors (Lipinski definition) is 2. The molecule has 0 spiro atoms. The quantitative estimate of drug-likeness (QED) is 0.710. The average Bonchev–Trinajstić information content (AvgIpc) is 2.31. The topological polar surface area (TPSA) is 59.1 Å². The molecule has 1 aromatic heterocycles. The van der Waals surface area contributed by atoms with Crippen molar-refractivity contribution in [3.63, 3.8) is 0 Å². The molecule has 0 aromatic carbocycles. The lowest BCUT2D eigenvalue weighted by molar-refractivity contribution is 0.486. The fourth-order valence-electron chi connectivity index (χ4n) is 1.33. The minimum Gasteiger partial charge on any atom is -0.394 e. The Morgan fingerprint density at radius 2 is 2.00 bits per heavy atom. The first-order chi connectivity index (χ1) is 6.43. The van der Waals surface area contributed by atoms with Crippen LogP contribution in [0, 0.1) is 0 Å². The Hall–Kier alpha value is -1.23. The summed E-state index contributed by atoms with van der Waals surface area (Å²) in [5.74, 6) is 1.19. The van der Waals surface area contributed by atoms with Crippen molar-refractivity contribution in [3.05, 3.63) is 5.69 Å². The molecule has 0 fully saturated rings. The molecule has 1 rings (SSSR count). The molecule has 0 saturated carbocycles. The number of hydrogen-bond acceptors (Lipinski definition) is 4. The van der Waals surface area contributed by atoms with Crippen LogP contribution in [0.25, 0.3) is 0 Å². The number of nitrogen functional groups attached to an aromatic ring is 1. The van der Waals surface area contributed by atoms with Crippen molar-refractivity contribution in [1.29, 1.82) is 0 Å². The zero-order valence-electron chi connectivity index (χ0n) is 9.50. The van der Waals surface area contributed by atoms with Gasteiger partial charge >= 0.3 is 0 Å².